The molecule has 0 saturated carbocycles. The molecule has 0 aromatic carbocycles. The molecule has 1 atom stereocenters. The van der Waals surface area contributed by atoms with Crippen LogP contribution in [0.5, 0.6) is 0 Å². The van der Waals surface area contributed by atoms with E-state index in [-0.39, 0.29) is 5.91 Å². The van der Waals surface area contributed by atoms with Crippen LogP contribution in [0.3, 0.4) is 0 Å². The Kier molecular flexibility index (Phi) is 3.21. The highest BCUT2D eigenvalue weighted by molar-refractivity contribution is 7.20. The maximum absolute atomic E-state index is 11.9. The van der Waals surface area contributed by atoms with E-state index in [0.717, 1.165) is 0 Å². The Morgan fingerprint density at radius 2 is 2.33 bits per heavy atom. The second-order valence-corrected chi connectivity index (χ2v) is 5.72. The topological polar surface area (TPSA) is 40.5 Å². The first kappa shape index (κ1) is 11.2. The molecule has 1 N–H and O–H groups in total. The number of aliphatic hydroxyl groups excluding tert-OH is 1. The van der Waals surface area contributed by atoms with E-state index in [1.807, 2.05) is 0 Å². The third-order valence-corrected chi connectivity index (χ3v) is 3.83. The van der Waals surface area contributed by atoms with Crippen molar-refractivity contribution in [1.82, 2.24) is 4.90 Å². The molecule has 0 unspecified atom stereocenters. The van der Waals surface area contributed by atoms with E-state index in [9.17, 15) is 9.90 Å². The van der Waals surface area contributed by atoms with Gasteiger partial charge in [-0.3, -0.25) is 4.79 Å². The van der Waals surface area contributed by atoms with Gasteiger partial charge in [0.05, 0.1) is 16.0 Å². The first-order valence-electron chi connectivity index (χ1n) is 4.50. The van der Waals surface area contributed by atoms with E-state index in [2.05, 4.69) is 0 Å². The molecule has 1 saturated heterocycles. The minimum atomic E-state index is -0.415. The summed E-state index contributed by atoms with van der Waals surface area (Å²) in [6.45, 7) is 0.951. The SMILES string of the molecule is O=C(c1cc(Cl)sc1Cl)N1CC[C@H](O)C1. The van der Waals surface area contributed by atoms with E-state index < -0.39 is 6.10 Å². The van der Waals surface area contributed by atoms with Crippen molar-refractivity contribution >= 4 is 40.4 Å². The van der Waals surface area contributed by atoms with Gasteiger partial charge < -0.3 is 10.0 Å². The Bertz CT molecular complexity index is 393. The Morgan fingerprint density at radius 3 is 2.80 bits per heavy atom. The molecule has 3 nitrogen and oxygen atoms in total. The number of rotatable bonds is 1. The van der Waals surface area contributed by atoms with Gasteiger partial charge in [0.25, 0.3) is 5.91 Å². The molecule has 2 rings (SSSR count). The molecular formula is C9H9Cl2NO2S. The number of β-amino-alcohol motifs (C(OH)–C–C–N with tert-alkyl or cyclic N) is 1. The van der Waals surface area contributed by atoms with Crippen LogP contribution in [-0.4, -0.2) is 35.1 Å². The predicted octanol–water partition coefficient (Wildman–Crippen LogP) is 2.26. The van der Waals surface area contributed by atoms with Crippen molar-refractivity contribution in [2.75, 3.05) is 13.1 Å². The second kappa shape index (κ2) is 4.29. The average Bonchev–Trinajstić information content (AvgIpc) is 2.71. The molecule has 82 valence electrons. The molecule has 1 fully saturated rings. The molecule has 0 spiro atoms. The molecule has 1 aliphatic rings. The number of hydrogen-bond donors (Lipinski definition) is 1. The maximum Gasteiger partial charge on any atom is 0.256 e. The highest BCUT2D eigenvalue weighted by Crippen LogP contribution is 2.32. The van der Waals surface area contributed by atoms with Gasteiger partial charge in [-0.1, -0.05) is 23.2 Å². The van der Waals surface area contributed by atoms with Gasteiger partial charge in [0.1, 0.15) is 4.34 Å². The first-order valence-corrected chi connectivity index (χ1v) is 6.07. The third-order valence-electron chi connectivity index (χ3n) is 2.34. The maximum atomic E-state index is 11.9. The highest BCUT2D eigenvalue weighted by atomic mass is 35.5. The fraction of sp³-hybridized carbons (Fsp3) is 0.444. The number of carbonyl (C=O) groups excluding carboxylic acids is 1. The molecule has 1 amide bonds. The summed E-state index contributed by atoms with van der Waals surface area (Å²) in [7, 11) is 0. The minimum absolute atomic E-state index is 0.153. The van der Waals surface area contributed by atoms with E-state index >= 15 is 0 Å². The van der Waals surface area contributed by atoms with Crippen LogP contribution in [0.15, 0.2) is 6.07 Å². The zero-order chi connectivity index (χ0) is 11.0. The van der Waals surface area contributed by atoms with Crippen LogP contribution in [0.25, 0.3) is 0 Å². The van der Waals surface area contributed by atoms with Crippen LogP contribution in [0.4, 0.5) is 0 Å². The van der Waals surface area contributed by atoms with Gasteiger partial charge in [-0.05, 0) is 12.5 Å². The summed E-state index contributed by atoms with van der Waals surface area (Å²) in [4.78, 5) is 13.5. The van der Waals surface area contributed by atoms with E-state index in [1.54, 1.807) is 11.0 Å². The fourth-order valence-corrected chi connectivity index (χ4v) is 3.03. The van der Waals surface area contributed by atoms with Crippen molar-refractivity contribution in [2.45, 2.75) is 12.5 Å². The number of aliphatic hydroxyl groups is 1. The summed E-state index contributed by atoms with van der Waals surface area (Å²) in [5, 5.41) is 9.32. The van der Waals surface area contributed by atoms with Crippen LogP contribution in [0.1, 0.15) is 16.8 Å². The summed E-state index contributed by atoms with van der Waals surface area (Å²) < 4.78 is 0.912. The molecule has 15 heavy (non-hydrogen) atoms. The zero-order valence-corrected chi connectivity index (χ0v) is 10.1. The van der Waals surface area contributed by atoms with E-state index in [4.69, 9.17) is 23.2 Å². The number of thiophene rings is 1. The number of likely N-dealkylation sites (tertiary alicyclic amines) is 1. The Morgan fingerprint density at radius 1 is 1.60 bits per heavy atom. The Labute approximate surface area is 101 Å². The number of amides is 1. The van der Waals surface area contributed by atoms with Gasteiger partial charge in [-0.25, -0.2) is 0 Å². The molecule has 0 bridgehead atoms. The standard InChI is InChI=1S/C9H9Cl2NO2S/c10-7-3-6(8(11)15-7)9(14)12-2-1-5(13)4-12/h3,5,13H,1-2,4H2/t5-/m0/s1. The van der Waals surface area contributed by atoms with Crippen LogP contribution >= 0.6 is 34.5 Å². The van der Waals surface area contributed by atoms with E-state index in [1.165, 1.54) is 11.3 Å². The fourth-order valence-electron chi connectivity index (χ4n) is 1.58. The third kappa shape index (κ3) is 2.28. The lowest BCUT2D eigenvalue weighted by atomic mass is 10.3. The van der Waals surface area contributed by atoms with Crippen molar-refractivity contribution in [2.24, 2.45) is 0 Å². The lowest BCUT2D eigenvalue weighted by Gasteiger charge is -2.14. The molecule has 0 radical (unpaired) electrons. The smallest absolute Gasteiger partial charge is 0.256 e. The van der Waals surface area contributed by atoms with Crippen molar-refractivity contribution in [1.29, 1.82) is 0 Å². The minimum Gasteiger partial charge on any atom is -0.391 e. The van der Waals surface area contributed by atoms with Crippen LogP contribution in [0, 0.1) is 0 Å². The van der Waals surface area contributed by atoms with Crippen molar-refractivity contribution in [3.8, 4) is 0 Å². The summed E-state index contributed by atoms with van der Waals surface area (Å²) in [6.07, 6.45) is 0.211. The van der Waals surface area contributed by atoms with Gasteiger partial charge in [0.15, 0.2) is 0 Å². The molecule has 0 aliphatic carbocycles. The molecule has 1 aromatic rings. The quantitative estimate of drug-likeness (QED) is 0.847. The van der Waals surface area contributed by atoms with Crippen molar-refractivity contribution < 1.29 is 9.90 Å². The highest BCUT2D eigenvalue weighted by Gasteiger charge is 2.27. The normalized spacial score (nSPS) is 21.0. The molecule has 1 aromatic heterocycles. The second-order valence-electron chi connectivity index (χ2n) is 3.43. The first-order chi connectivity index (χ1) is 7.08. The van der Waals surface area contributed by atoms with E-state index in [0.29, 0.717) is 33.7 Å². The number of nitrogens with zero attached hydrogens (tertiary/aromatic N) is 1. The molecule has 6 heteroatoms. The summed E-state index contributed by atoms with van der Waals surface area (Å²) in [5.41, 5.74) is 0.431. The summed E-state index contributed by atoms with van der Waals surface area (Å²) in [6, 6.07) is 1.57. The van der Waals surface area contributed by atoms with Gasteiger partial charge in [0.2, 0.25) is 0 Å². The monoisotopic (exact) mass is 265 g/mol. The van der Waals surface area contributed by atoms with Crippen LogP contribution in [0.2, 0.25) is 8.67 Å². The van der Waals surface area contributed by atoms with Gasteiger partial charge in [-0.15, -0.1) is 11.3 Å². The lowest BCUT2D eigenvalue weighted by Crippen LogP contribution is -2.29. The summed E-state index contributed by atoms with van der Waals surface area (Å²) >= 11 is 12.8. The largest absolute Gasteiger partial charge is 0.391 e. The van der Waals surface area contributed by atoms with Gasteiger partial charge in [0, 0.05) is 13.1 Å². The lowest BCUT2D eigenvalue weighted by molar-refractivity contribution is 0.0765. The molecular weight excluding hydrogens is 257 g/mol. The zero-order valence-electron chi connectivity index (χ0n) is 7.74. The van der Waals surface area contributed by atoms with Crippen molar-refractivity contribution in [3.63, 3.8) is 0 Å². The van der Waals surface area contributed by atoms with Crippen LogP contribution < -0.4 is 0 Å². The number of hydrogen-bond acceptors (Lipinski definition) is 3. The van der Waals surface area contributed by atoms with Gasteiger partial charge in [-0.2, -0.15) is 0 Å². The predicted molar refractivity (Wildman–Crippen MR) is 60.9 cm³/mol. The van der Waals surface area contributed by atoms with Crippen LogP contribution in [-0.2, 0) is 0 Å². The Hall–Kier alpha value is -0.290. The Balaban J connectivity index is 2.17. The van der Waals surface area contributed by atoms with Crippen molar-refractivity contribution in [3.05, 3.63) is 20.3 Å². The molecule has 2 heterocycles. The molecule has 1 aliphatic heterocycles. The average molecular weight is 266 g/mol. The number of carbonyl (C=O) groups is 1. The number of halogens is 2. The van der Waals surface area contributed by atoms with Gasteiger partial charge >= 0.3 is 0 Å². The summed E-state index contributed by atoms with van der Waals surface area (Å²) in [5.74, 6) is -0.153.